The quantitative estimate of drug-likeness (QED) is 0.617. The largest absolute Gasteiger partial charge is 0.342 e. The van der Waals surface area contributed by atoms with Crippen LogP contribution in [0.3, 0.4) is 0 Å². The molecule has 2 unspecified atom stereocenters. The van der Waals surface area contributed by atoms with E-state index in [1.165, 1.54) is 29.2 Å². The van der Waals surface area contributed by atoms with Crippen LogP contribution in [0.15, 0.2) is 48.5 Å². The molecule has 0 bridgehead atoms. The van der Waals surface area contributed by atoms with Gasteiger partial charge in [-0.05, 0) is 48.6 Å². The summed E-state index contributed by atoms with van der Waals surface area (Å²) in [5.74, 6) is -1.87. The van der Waals surface area contributed by atoms with E-state index in [0.717, 1.165) is 25.7 Å². The standard InChI is InChI=1S/C27H28F2N2O3/c28-20-7-5-6-19(14-20)27(16-25(33)31(26(27)34)21-8-1-2-9-21)15-24(32)30-13-12-18(17-30)22-10-3-4-11-23(22)29/h3-7,10-11,14,18,21H,1-2,8-9,12-13,15-17H2. The second-order valence-corrected chi connectivity index (χ2v) is 9.80. The minimum Gasteiger partial charge on any atom is -0.342 e. The predicted molar refractivity (Wildman–Crippen MR) is 122 cm³/mol. The second kappa shape index (κ2) is 8.93. The van der Waals surface area contributed by atoms with Crippen molar-refractivity contribution in [2.24, 2.45) is 0 Å². The average Bonchev–Trinajstić information content (AvgIpc) is 3.55. The first-order valence-electron chi connectivity index (χ1n) is 12.0. The van der Waals surface area contributed by atoms with Crippen molar-refractivity contribution < 1.29 is 23.2 Å². The van der Waals surface area contributed by atoms with Gasteiger partial charge in [-0.25, -0.2) is 8.78 Å². The molecule has 1 saturated carbocycles. The maximum atomic E-state index is 14.3. The van der Waals surface area contributed by atoms with E-state index in [1.54, 1.807) is 29.2 Å². The Morgan fingerprint density at radius 2 is 1.76 bits per heavy atom. The molecule has 2 aliphatic heterocycles. The zero-order valence-corrected chi connectivity index (χ0v) is 19.0. The number of nitrogens with zero attached hydrogens (tertiary/aromatic N) is 2. The molecule has 2 aromatic rings. The zero-order valence-electron chi connectivity index (χ0n) is 19.0. The Bertz CT molecular complexity index is 1130. The molecule has 7 heteroatoms. The van der Waals surface area contributed by atoms with Gasteiger partial charge in [0.15, 0.2) is 0 Å². The molecule has 5 rings (SSSR count). The molecular formula is C27H28F2N2O3. The van der Waals surface area contributed by atoms with Gasteiger partial charge in [0.1, 0.15) is 11.6 Å². The molecule has 0 aromatic heterocycles. The van der Waals surface area contributed by atoms with Gasteiger partial charge >= 0.3 is 0 Å². The normalized spacial score (nSPS) is 25.5. The van der Waals surface area contributed by atoms with Gasteiger partial charge in [-0.2, -0.15) is 0 Å². The molecule has 2 heterocycles. The summed E-state index contributed by atoms with van der Waals surface area (Å²) in [4.78, 5) is 43.3. The summed E-state index contributed by atoms with van der Waals surface area (Å²) in [6, 6.07) is 12.1. The highest BCUT2D eigenvalue weighted by atomic mass is 19.1. The van der Waals surface area contributed by atoms with Gasteiger partial charge in [0, 0.05) is 37.9 Å². The summed E-state index contributed by atoms with van der Waals surface area (Å²) in [7, 11) is 0. The minimum absolute atomic E-state index is 0.119. The average molecular weight is 467 g/mol. The number of hydrogen-bond acceptors (Lipinski definition) is 3. The van der Waals surface area contributed by atoms with Gasteiger partial charge < -0.3 is 4.90 Å². The van der Waals surface area contributed by atoms with Crippen molar-refractivity contribution >= 4 is 17.7 Å². The first-order valence-corrected chi connectivity index (χ1v) is 12.0. The number of carbonyl (C=O) groups is 3. The summed E-state index contributed by atoms with van der Waals surface area (Å²) in [5.41, 5.74) is -0.462. The van der Waals surface area contributed by atoms with Crippen LogP contribution in [0.5, 0.6) is 0 Å². The van der Waals surface area contributed by atoms with E-state index in [1.807, 2.05) is 0 Å². The number of amides is 3. The fourth-order valence-corrected chi connectivity index (χ4v) is 5.96. The number of hydrogen-bond donors (Lipinski definition) is 0. The zero-order chi connectivity index (χ0) is 23.9. The lowest BCUT2D eigenvalue weighted by molar-refractivity contribution is -0.144. The number of likely N-dealkylation sites (tertiary alicyclic amines) is 2. The van der Waals surface area contributed by atoms with Crippen molar-refractivity contribution in [1.29, 1.82) is 0 Å². The van der Waals surface area contributed by atoms with Gasteiger partial charge in [0.05, 0.1) is 5.41 Å². The van der Waals surface area contributed by atoms with Gasteiger partial charge in [-0.15, -0.1) is 0 Å². The molecule has 3 aliphatic rings. The van der Waals surface area contributed by atoms with Crippen LogP contribution in [0, 0.1) is 11.6 Å². The SMILES string of the molecule is O=C(CC1(c2cccc(F)c2)CC(=O)N(C2CCCC2)C1=O)N1CCC(c2ccccc2F)C1. The number of carbonyl (C=O) groups excluding carboxylic acids is 3. The Balaban J connectivity index is 1.42. The maximum Gasteiger partial charge on any atom is 0.241 e. The molecule has 0 spiro atoms. The molecule has 3 amide bonds. The maximum absolute atomic E-state index is 14.3. The van der Waals surface area contributed by atoms with E-state index < -0.39 is 17.1 Å². The smallest absolute Gasteiger partial charge is 0.241 e. The van der Waals surface area contributed by atoms with Crippen LogP contribution >= 0.6 is 0 Å². The lowest BCUT2D eigenvalue weighted by Crippen LogP contribution is -2.45. The van der Waals surface area contributed by atoms with Crippen LogP contribution in [0.4, 0.5) is 8.78 Å². The van der Waals surface area contributed by atoms with Crippen LogP contribution in [-0.4, -0.2) is 46.7 Å². The lowest BCUT2D eigenvalue weighted by Gasteiger charge is -2.30. The third-order valence-corrected chi connectivity index (χ3v) is 7.76. The minimum atomic E-state index is -1.41. The third-order valence-electron chi connectivity index (χ3n) is 7.76. The number of halogens is 2. The van der Waals surface area contributed by atoms with E-state index in [9.17, 15) is 23.2 Å². The number of benzene rings is 2. The molecule has 3 fully saturated rings. The summed E-state index contributed by atoms with van der Waals surface area (Å²) in [6.07, 6.45) is 3.73. The van der Waals surface area contributed by atoms with Gasteiger partial charge in [-0.3, -0.25) is 19.3 Å². The molecule has 5 nitrogen and oxygen atoms in total. The summed E-state index contributed by atoms with van der Waals surface area (Å²) >= 11 is 0. The lowest BCUT2D eigenvalue weighted by atomic mass is 9.75. The van der Waals surface area contributed by atoms with Crippen molar-refractivity contribution in [3.8, 4) is 0 Å². The Labute approximate surface area is 197 Å². The topological polar surface area (TPSA) is 57.7 Å². The molecule has 2 atom stereocenters. The highest BCUT2D eigenvalue weighted by Gasteiger charge is 2.56. The fourth-order valence-electron chi connectivity index (χ4n) is 5.96. The summed E-state index contributed by atoms with van der Waals surface area (Å²) in [6.45, 7) is 0.805. The van der Waals surface area contributed by atoms with E-state index in [2.05, 4.69) is 0 Å². The molecule has 2 aromatic carbocycles. The molecule has 178 valence electrons. The molecule has 0 radical (unpaired) electrons. The van der Waals surface area contributed by atoms with Crippen molar-refractivity contribution in [3.63, 3.8) is 0 Å². The van der Waals surface area contributed by atoms with E-state index in [0.29, 0.717) is 30.6 Å². The van der Waals surface area contributed by atoms with Crippen molar-refractivity contribution in [2.75, 3.05) is 13.1 Å². The van der Waals surface area contributed by atoms with Crippen molar-refractivity contribution in [1.82, 2.24) is 9.80 Å². The Kier molecular flexibility index (Phi) is 5.96. The molecule has 1 aliphatic carbocycles. The van der Waals surface area contributed by atoms with Gasteiger partial charge in [0.2, 0.25) is 17.7 Å². The van der Waals surface area contributed by atoms with Gasteiger partial charge in [-0.1, -0.05) is 43.2 Å². The molecule has 0 N–H and O–H groups in total. The third kappa shape index (κ3) is 3.91. The first-order chi connectivity index (χ1) is 16.4. The van der Waals surface area contributed by atoms with Crippen LogP contribution in [0.1, 0.15) is 62.0 Å². The number of imide groups is 1. The van der Waals surface area contributed by atoms with Crippen LogP contribution in [0.25, 0.3) is 0 Å². The van der Waals surface area contributed by atoms with Crippen LogP contribution in [-0.2, 0) is 19.8 Å². The second-order valence-electron chi connectivity index (χ2n) is 9.80. The Hall–Kier alpha value is -3.09. The monoisotopic (exact) mass is 466 g/mol. The van der Waals surface area contributed by atoms with E-state index >= 15 is 0 Å². The first kappa shape index (κ1) is 22.7. The van der Waals surface area contributed by atoms with E-state index in [4.69, 9.17) is 0 Å². The highest BCUT2D eigenvalue weighted by Crippen LogP contribution is 2.43. The molecular weight excluding hydrogens is 438 g/mol. The van der Waals surface area contributed by atoms with Crippen LogP contribution < -0.4 is 0 Å². The van der Waals surface area contributed by atoms with Crippen molar-refractivity contribution in [2.45, 2.75) is 62.3 Å². The molecule has 34 heavy (non-hydrogen) atoms. The Morgan fingerprint density at radius 3 is 2.50 bits per heavy atom. The van der Waals surface area contributed by atoms with Crippen LogP contribution in [0.2, 0.25) is 0 Å². The molecule has 2 saturated heterocycles. The summed E-state index contributed by atoms with van der Waals surface area (Å²) < 4.78 is 28.5. The number of rotatable bonds is 5. The fraction of sp³-hybridized carbons (Fsp3) is 0.444. The Morgan fingerprint density at radius 1 is 1.00 bits per heavy atom. The van der Waals surface area contributed by atoms with Crippen molar-refractivity contribution in [3.05, 3.63) is 71.3 Å². The van der Waals surface area contributed by atoms with E-state index in [-0.39, 0.29) is 42.4 Å². The predicted octanol–water partition coefficient (Wildman–Crippen LogP) is 4.31. The summed E-state index contributed by atoms with van der Waals surface area (Å²) in [5, 5.41) is 0. The van der Waals surface area contributed by atoms with Gasteiger partial charge in [0.25, 0.3) is 0 Å². The highest BCUT2D eigenvalue weighted by molar-refractivity contribution is 6.11.